The Morgan fingerprint density at radius 1 is 1.21 bits per heavy atom. The molecule has 0 radical (unpaired) electrons. The summed E-state index contributed by atoms with van der Waals surface area (Å²) in [6, 6.07) is 1.33. The summed E-state index contributed by atoms with van der Waals surface area (Å²) >= 11 is 0. The van der Waals surface area contributed by atoms with Crippen LogP contribution >= 0.6 is 0 Å². The molecule has 2 N–H and O–H groups in total. The molecular weight excluding hydrogens is 418 g/mol. The molecule has 0 amide bonds. The van der Waals surface area contributed by atoms with Gasteiger partial charge in [0.2, 0.25) is 5.95 Å². The Morgan fingerprint density at radius 3 is 2.67 bits per heavy atom. The molecule has 9 heteroatoms. The van der Waals surface area contributed by atoms with Crippen LogP contribution < -0.4 is 21.1 Å². The van der Waals surface area contributed by atoms with Gasteiger partial charge in [-0.3, -0.25) is 14.2 Å². The minimum Gasteiger partial charge on any atom is -0.368 e. The third-order valence-corrected chi connectivity index (χ3v) is 5.43. The highest BCUT2D eigenvalue weighted by molar-refractivity contribution is 5.99. The molecule has 5 rings (SSSR count). The van der Waals surface area contributed by atoms with Crippen LogP contribution in [0.5, 0.6) is 0 Å². The fourth-order valence-electron chi connectivity index (χ4n) is 3.82. The fraction of sp³-hybridized carbons (Fsp3) is 0.458. The van der Waals surface area contributed by atoms with Gasteiger partial charge in [-0.05, 0) is 44.2 Å². The SMILES string of the molecule is [2H]C1([2H])CN(c2ccc(Nc3ncc4c(C([2H])([2H])[2H])c(C(C)=O)c(=O)n(C5C([2H])([2H])CCC5([2H])[2H])c4n3)nc2)CC([2H])([2H])N1. The average molecular weight is 459 g/mol. The number of fused-ring (bicyclic) bond motifs is 1. The lowest BCUT2D eigenvalue weighted by Gasteiger charge is -2.29. The summed E-state index contributed by atoms with van der Waals surface area (Å²) in [5.74, 6) is -0.897. The highest BCUT2D eigenvalue weighted by Crippen LogP contribution is 2.32. The zero-order chi connectivity index (χ0) is 32.6. The number of aromatic nitrogens is 4. The molecule has 0 atom stereocenters. The molecule has 172 valence electrons. The van der Waals surface area contributed by atoms with Crippen LogP contribution in [0.25, 0.3) is 11.0 Å². The van der Waals surface area contributed by atoms with E-state index in [2.05, 4.69) is 25.6 Å². The van der Waals surface area contributed by atoms with Crippen LogP contribution in [0.4, 0.5) is 17.5 Å². The van der Waals surface area contributed by atoms with E-state index in [0.717, 1.165) is 17.7 Å². The van der Waals surface area contributed by atoms with Crippen molar-refractivity contribution in [1.29, 1.82) is 0 Å². The first-order valence-electron chi connectivity index (χ1n) is 15.9. The van der Waals surface area contributed by atoms with Gasteiger partial charge in [-0.25, -0.2) is 9.97 Å². The van der Waals surface area contributed by atoms with Crippen LogP contribution in [0.2, 0.25) is 0 Å². The van der Waals surface area contributed by atoms with Crippen molar-refractivity contribution in [3.05, 3.63) is 46.0 Å². The molecule has 1 saturated heterocycles. The van der Waals surface area contributed by atoms with E-state index in [4.69, 9.17) is 15.1 Å². The topological polar surface area (TPSA) is 105 Å². The number of hydrogen-bond donors (Lipinski definition) is 2. The second kappa shape index (κ2) is 8.90. The largest absolute Gasteiger partial charge is 0.368 e. The van der Waals surface area contributed by atoms with Gasteiger partial charge in [0, 0.05) is 58.8 Å². The molecule has 4 heterocycles. The molecule has 0 unspecified atom stereocenters. The predicted molar refractivity (Wildman–Crippen MR) is 129 cm³/mol. The standard InChI is InChI=1S/C24H29N7O2/c1-15-19-14-27-24(28-20-8-7-18(13-26-20)30-11-9-25-10-12-30)29-22(19)31(17-5-3-4-6-17)23(33)21(15)16(2)32/h7-8,13-14,17,25H,3-6,9-12H2,1-2H3,(H,26,27,28,29)/i1D3,5D2,6D2,9D2,10D2. The average Bonchev–Trinajstić information content (AvgIpc) is 3.08. The summed E-state index contributed by atoms with van der Waals surface area (Å²) in [5, 5.41) is 4.88. The van der Waals surface area contributed by atoms with Crippen LogP contribution in [0.15, 0.2) is 29.3 Å². The second-order valence-electron chi connectivity index (χ2n) is 7.58. The summed E-state index contributed by atoms with van der Waals surface area (Å²) in [6.07, 6.45) is -2.46. The van der Waals surface area contributed by atoms with Gasteiger partial charge >= 0.3 is 0 Å². The van der Waals surface area contributed by atoms with Crippen molar-refractivity contribution in [1.82, 2.24) is 24.8 Å². The maximum absolute atomic E-state index is 13.8. The van der Waals surface area contributed by atoms with E-state index in [1.807, 2.05) is 0 Å². The van der Waals surface area contributed by atoms with Crippen molar-refractivity contribution in [3.8, 4) is 0 Å². The Bertz CT molecular complexity index is 1660. The van der Waals surface area contributed by atoms with Crippen LogP contribution in [0.3, 0.4) is 0 Å². The summed E-state index contributed by atoms with van der Waals surface area (Å²) in [4.78, 5) is 40.7. The van der Waals surface area contributed by atoms with Gasteiger partial charge in [0.25, 0.3) is 5.56 Å². The number of aryl methyl sites for hydroxylation is 1. The number of nitrogens with one attached hydrogen (secondary N) is 2. The molecule has 33 heavy (non-hydrogen) atoms. The molecule has 0 aromatic carbocycles. The highest BCUT2D eigenvalue weighted by atomic mass is 16.1. The monoisotopic (exact) mass is 458 g/mol. The normalized spacial score (nSPS) is 28.4. The van der Waals surface area contributed by atoms with E-state index in [1.54, 1.807) is 6.07 Å². The van der Waals surface area contributed by atoms with Crippen LogP contribution in [-0.4, -0.2) is 51.4 Å². The molecule has 2 fully saturated rings. The number of carbonyl (C=O) groups excluding carboxylic acids is 1. The number of anilines is 3. The van der Waals surface area contributed by atoms with Gasteiger partial charge in [0.1, 0.15) is 11.5 Å². The lowest BCUT2D eigenvalue weighted by molar-refractivity contribution is 0.101. The Hall–Kier alpha value is -3.33. The van der Waals surface area contributed by atoms with E-state index in [1.165, 1.54) is 17.2 Å². The number of nitrogens with zero attached hydrogens (tertiary/aromatic N) is 5. The van der Waals surface area contributed by atoms with Gasteiger partial charge in [0.15, 0.2) is 5.78 Å². The third kappa shape index (κ3) is 4.08. The van der Waals surface area contributed by atoms with Crippen LogP contribution in [0, 0.1) is 6.85 Å². The Labute approximate surface area is 207 Å². The summed E-state index contributed by atoms with van der Waals surface area (Å²) in [7, 11) is 0. The van der Waals surface area contributed by atoms with Crippen molar-refractivity contribution in [2.75, 3.05) is 36.3 Å². The van der Waals surface area contributed by atoms with E-state index < -0.39 is 61.1 Å². The lowest BCUT2D eigenvalue weighted by atomic mass is 10.0. The minimum absolute atomic E-state index is 0.136. The van der Waals surface area contributed by atoms with Gasteiger partial charge in [0.05, 0.1) is 17.4 Å². The Balaban J connectivity index is 1.61. The molecule has 0 bridgehead atoms. The number of hydrogen-bond acceptors (Lipinski definition) is 8. The van der Waals surface area contributed by atoms with Gasteiger partial charge in [-0.15, -0.1) is 0 Å². The van der Waals surface area contributed by atoms with Crippen molar-refractivity contribution in [3.63, 3.8) is 0 Å². The van der Waals surface area contributed by atoms with Gasteiger partial charge in [-0.2, -0.15) is 4.98 Å². The fourth-order valence-corrected chi connectivity index (χ4v) is 3.82. The zero-order valence-corrected chi connectivity index (χ0v) is 17.8. The first kappa shape index (κ1) is 12.2. The van der Waals surface area contributed by atoms with E-state index in [0.29, 0.717) is 5.69 Å². The van der Waals surface area contributed by atoms with E-state index in [9.17, 15) is 9.59 Å². The molecule has 9 nitrogen and oxygen atoms in total. The molecule has 3 aromatic rings. The maximum Gasteiger partial charge on any atom is 0.263 e. The number of piperazine rings is 1. The number of pyridine rings is 2. The van der Waals surface area contributed by atoms with Gasteiger partial charge in [-0.1, -0.05) is 12.8 Å². The number of rotatable bonds is 5. The second-order valence-corrected chi connectivity index (χ2v) is 7.58. The van der Waals surface area contributed by atoms with Crippen molar-refractivity contribution >= 4 is 34.3 Å². The molecule has 1 saturated carbocycles. The first-order chi connectivity index (χ1) is 20.1. The molecule has 1 aliphatic carbocycles. The predicted octanol–water partition coefficient (Wildman–Crippen LogP) is 2.97. The number of ketones is 1. The van der Waals surface area contributed by atoms with Crippen molar-refractivity contribution in [2.45, 2.75) is 45.4 Å². The highest BCUT2D eigenvalue weighted by Gasteiger charge is 2.25. The molecule has 1 aliphatic heterocycles. The number of Topliss-reactive ketones (excluding diaryl/α,β-unsaturated/α-hetero) is 1. The summed E-state index contributed by atoms with van der Waals surface area (Å²) in [6.45, 7) is -6.21. The first-order valence-corrected chi connectivity index (χ1v) is 10.4. The Kier molecular flexibility index (Phi) is 3.30. The summed E-state index contributed by atoms with van der Waals surface area (Å²) < 4.78 is 90.7. The third-order valence-electron chi connectivity index (χ3n) is 5.43. The molecule has 3 aromatic heterocycles. The van der Waals surface area contributed by atoms with Crippen molar-refractivity contribution in [2.24, 2.45) is 0 Å². The molecule has 2 aliphatic rings. The summed E-state index contributed by atoms with van der Waals surface area (Å²) in [5.41, 5.74) is -2.42. The smallest absolute Gasteiger partial charge is 0.263 e. The van der Waals surface area contributed by atoms with Crippen LogP contribution in [0.1, 0.15) is 69.6 Å². The molecular formula is C24H29N7O2. The van der Waals surface area contributed by atoms with E-state index >= 15 is 0 Å². The van der Waals surface area contributed by atoms with Gasteiger partial charge < -0.3 is 15.5 Å². The quantitative estimate of drug-likeness (QED) is 0.562. The number of carbonyl (C=O) groups is 1. The lowest BCUT2D eigenvalue weighted by Crippen LogP contribution is -2.43. The maximum atomic E-state index is 13.8. The molecule has 0 spiro atoms. The Morgan fingerprint density at radius 2 is 2.00 bits per heavy atom. The van der Waals surface area contributed by atoms with Crippen molar-refractivity contribution < 1.29 is 19.9 Å². The van der Waals surface area contributed by atoms with E-state index in [-0.39, 0.29) is 48.7 Å². The zero-order valence-electron chi connectivity index (χ0n) is 28.8. The minimum atomic E-state index is -2.96. The van der Waals surface area contributed by atoms with Crippen LogP contribution in [-0.2, 0) is 0 Å².